The number of rotatable bonds is 5. The van der Waals surface area contributed by atoms with E-state index < -0.39 is 0 Å². The van der Waals surface area contributed by atoms with Gasteiger partial charge in [-0.2, -0.15) is 5.10 Å². The van der Waals surface area contributed by atoms with Crippen molar-refractivity contribution in [1.29, 1.82) is 0 Å². The molecule has 2 fully saturated rings. The summed E-state index contributed by atoms with van der Waals surface area (Å²) in [4.78, 5) is 4.60. The molecule has 2 N–H and O–H groups in total. The van der Waals surface area contributed by atoms with Crippen LogP contribution in [-0.2, 0) is 20.0 Å². The Hall–Kier alpha value is -1.52. The number of nitrogens with zero attached hydrogens (tertiary/aromatic N) is 4. The monoisotopic (exact) mass is 273 g/mol. The van der Waals surface area contributed by atoms with E-state index in [2.05, 4.69) is 21.6 Å². The minimum absolute atomic E-state index is 0.525. The van der Waals surface area contributed by atoms with Crippen molar-refractivity contribution in [1.82, 2.24) is 19.3 Å². The van der Waals surface area contributed by atoms with Crippen LogP contribution in [0.2, 0.25) is 0 Å². The van der Waals surface area contributed by atoms with Crippen LogP contribution in [-0.4, -0.2) is 19.3 Å². The van der Waals surface area contributed by atoms with E-state index in [0.29, 0.717) is 11.4 Å². The molecule has 2 heterocycles. The first kappa shape index (κ1) is 12.2. The third kappa shape index (κ3) is 1.68. The normalized spacial score (nSPS) is 20.7. The zero-order valence-electron chi connectivity index (χ0n) is 12.4. The number of hydrogen-bond acceptors (Lipinski definition) is 3. The fraction of sp³-hybridized carbons (Fsp3) is 0.733. The van der Waals surface area contributed by atoms with E-state index in [9.17, 15) is 0 Å². The maximum absolute atomic E-state index is 6.20. The lowest BCUT2D eigenvalue weighted by molar-refractivity contribution is 0.375. The molecule has 108 valence electrons. The minimum Gasteiger partial charge on any atom is -0.369 e. The van der Waals surface area contributed by atoms with E-state index in [4.69, 9.17) is 5.73 Å². The van der Waals surface area contributed by atoms with Crippen molar-refractivity contribution in [2.45, 2.75) is 52.0 Å². The van der Waals surface area contributed by atoms with Gasteiger partial charge in [0.2, 0.25) is 5.95 Å². The molecule has 0 radical (unpaired) electrons. The van der Waals surface area contributed by atoms with Crippen LogP contribution >= 0.6 is 0 Å². The third-order valence-electron chi connectivity index (χ3n) is 5.12. The van der Waals surface area contributed by atoms with Gasteiger partial charge in [-0.3, -0.25) is 9.25 Å². The van der Waals surface area contributed by atoms with Crippen molar-refractivity contribution in [3.05, 3.63) is 5.69 Å². The molecule has 0 aliphatic heterocycles. The van der Waals surface area contributed by atoms with Crippen LogP contribution in [0.25, 0.3) is 11.2 Å². The van der Waals surface area contributed by atoms with Gasteiger partial charge in [0.05, 0.1) is 5.69 Å². The van der Waals surface area contributed by atoms with E-state index in [1.165, 1.54) is 25.7 Å². The molecule has 0 aromatic carbocycles. The highest BCUT2D eigenvalue weighted by Gasteiger charge is 2.54. The van der Waals surface area contributed by atoms with Gasteiger partial charge in [0.1, 0.15) is 5.52 Å². The maximum Gasteiger partial charge on any atom is 0.202 e. The zero-order valence-corrected chi connectivity index (χ0v) is 12.4. The predicted molar refractivity (Wildman–Crippen MR) is 79.3 cm³/mol. The lowest BCUT2D eigenvalue weighted by atomic mass is 10.0. The summed E-state index contributed by atoms with van der Waals surface area (Å²) in [5, 5.41) is 4.63. The number of aromatic nitrogens is 4. The molecule has 0 bridgehead atoms. The van der Waals surface area contributed by atoms with Crippen molar-refractivity contribution < 1.29 is 0 Å². The van der Waals surface area contributed by atoms with Gasteiger partial charge in [-0.15, -0.1) is 0 Å². The van der Waals surface area contributed by atoms with Crippen LogP contribution in [0.4, 0.5) is 5.95 Å². The van der Waals surface area contributed by atoms with Crippen molar-refractivity contribution in [2.75, 3.05) is 5.73 Å². The summed E-state index contributed by atoms with van der Waals surface area (Å²) in [6, 6.07) is 0. The van der Waals surface area contributed by atoms with Gasteiger partial charge in [0.25, 0.3) is 0 Å². The Morgan fingerprint density at radius 2 is 2.10 bits per heavy atom. The van der Waals surface area contributed by atoms with Crippen molar-refractivity contribution in [3.8, 4) is 0 Å². The lowest BCUT2D eigenvalue weighted by Gasteiger charge is -2.16. The highest BCUT2D eigenvalue weighted by molar-refractivity contribution is 5.77. The van der Waals surface area contributed by atoms with E-state index in [1.54, 1.807) is 0 Å². The summed E-state index contributed by atoms with van der Waals surface area (Å²) in [5.41, 5.74) is 9.93. The average Bonchev–Trinajstić information content (AvgIpc) is 3.29. The minimum atomic E-state index is 0.525. The summed E-state index contributed by atoms with van der Waals surface area (Å²) >= 11 is 0. The predicted octanol–water partition coefficient (Wildman–Crippen LogP) is 2.49. The van der Waals surface area contributed by atoms with Gasteiger partial charge in [0, 0.05) is 13.6 Å². The number of aryl methyl sites for hydroxylation is 2. The Morgan fingerprint density at radius 1 is 1.35 bits per heavy atom. The molecular formula is C15H23N5. The molecule has 2 aliphatic rings. The third-order valence-corrected chi connectivity index (χ3v) is 5.12. The Kier molecular flexibility index (Phi) is 2.44. The van der Waals surface area contributed by atoms with E-state index in [-0.39, 0.29) is 0 Å². The SMILES string of the molecule is CCCc1nn(C)c2c1nc(N)n2CC1(C2CC2)CC1. The highest BCUT2D eigenvalue weighted by atomic mass is 15.3. The fourth-order valence-corrected chi connectivity index (χ4v) is 3.69. The summed E-state index contributed by atoms with van der Waals surface area (Å²) in [6.07, 6.45) is 7.59. The number of anilines is 1. The van der Waals surface area contributed by atoms with E-state index >= 15 is 0 Å². The first-order chi connectivity index (χ1) is 9.64. The Balaban J connectivity index is 1.76. The van der Waals surface area contributed by atoms with E-state index in [1.807, 2.05) is 11.7 Å². The van der Waals surface area contributed by atoms with Crippen LogP contribution in [0.3, 0.4) is 0 Å². The highest BCUT2D eigenvalue weighted by Crippen LogP contribution is 2.62. The number of imidazole rings is 1. The molecule has 20 heavy (non-hydrogen) atoms. The molecule has 2 aromatic heterocycles. The Bertz CT molecular complexity index is 657. The standard InChI is InChI=1S/C15H23N5/c1-3-4-11-12-13(19(2)18-11)20(14(16)17-12)9-15(7-8-15)10-5-6-10/h10H,3-9H2,1-2H3,(H2,16,17). The second-order valence-electron chi connectivity index (χ2n) is 6.69. The van der Waals surface area contributed by atoms with Crippen molar-refractivity contribution in [3.63, 3.8) is 0 Å². The largest absolute Gasteiger partial charge is 0.369 e. The molecule has 2 aromatic rings. The molecule has 0 unspecified atom stereocenters. The quantitative estimate of drug-likeness (QED) is 0.910. The second-order valence-corrected chi connectivity index (χ2v) is 6.69. The lowest BCUT2D eigenvalue weighted by Crippen LogP contribution is -2.17. The van der Waals surface area contributed by atoms with Gasteiger partial charge >= 0.3 is 0 Å². The van der Waals surface area contributed by atoms with Gasteiger partial charge < -0.3 is 5.73 Å². The summed E-state index contributed by atoms with van der Waals surface area (Å²) < 4.78 is 4.18. The van der Waals surface area contributed by atoms with Crippen molar-refractivity contribution >= 4 is 17.1 Å². The summed E-state index contributed by atoms with van der Waals surface area (Å²) in [6.45, 7) is 3.21. The number of fused-ring (bicyclic) bond motifs is 1. The van der Waals surface area contributed by atoms with Crippen LogP contribution in [0.15, 0.2) is 0 Å². The average molecular weight is 273 g/mol. The van der Waals surface area contributed by atoms with Crippen LogP contribution < -0.4 is 5.73 Å². The molecule has 2 saturated carbocycles. The Morgan fingerprint density at radius 3 is 2.70 bits per heavy atom. The molecule has 0 spiro atoms. The van der Waals surface area contributed by atoms with Crippen LogP contribution in [0.5, 0.6) is 0 Å². The van der Waals surface area contributed by atoms with Gasteiger partial charge in [-0.25, -0.2) is 4.98 Å². The fourth-order valence-electron chi connectivity index (χ4n) is 3.69. The molecule has 0 amide bonds. The smallest absolute Gasteiger partial charge is 0.202 e. The molecule has 5 nitrogen and oxygen atoms in total. The molecule has 5 heteroatoms. The topological polar surface area (TPSA) is 61.7 Å². The van der Waals surface area contributed by atoms with Gasteiger partial charge in [-0.1, -0.05) is 13.3 Å². The number of nitrogens with two attached hydrogens (primary N) is 1. The summed E-state index contributed by atoms with van der Waals surface area (Å²) in [7, 11) is 2.01. The van der Waals surface area contributed by atoms with Gasteiger partial charge in [-0.05, 0) is 43.4 Å². The van der Waals surface area contributed by atoms with Gasteiger partial charge in [0.15, 0.2) is 5.65 Å². The Labute approximate surface area is 119 Å². The second kappa shape index (κ2) is 3.99. The maximum atomic E-state index is 6.20. The van der Waals surface area contributed by atoms with Crippen LogP contribution in [0.1, 0.15) is 44.7 Å². The molecule has 2 aliphatic carbocycles. The summed E-state index contributed by atoms with van der Waals surface area (Å²) in [5.74, 6) is 1.60. The molecule has 0 saturated heterocycles. The molecule has 0 atom stereocenters. The van der Waals surface area contributed by atoms with E-state index in [0.717, 1.165) is 42.2 Å². The first-order valence-electron chi connectivity index (χ1n) is 7.82. The number of hydrogen-bond donors (Lipinski definition) is 1. The molecule has 4 rings (SSSR count). The molecular weight excluding hydrogens is 250 g/mol. The zero-order chi connectivity index (χ0) is 13.9. The van der Waals surface area contributed by atoms with Crippen LogP contribution in [0, 0.1) is 11.3 Å². The number of nitrogen functional groups attached to an aromatic ring is 1. The van der Waals surface area contributed by atoms with Crippen molar-refractivity contribution in [2.24, 2.45) is 18.4 Å². The first-order valence-corrected chi connectivity index (χ1v) is 7.82.